The second-order valence-electron chi connectivity index (χ2n) is 11.0. The molecule has 5 aromatic rings. The van der Waals surface area contributed by atoms with Crippen molar-refractivity contribution in [2.24, 2.45) is 7.05 Å². The molecule has 4 aromatic heterocycles. The van der Waals surface area contributed by atoms with Gasteiger partial charge in [0.05, 0.1) is 23.7 Å². The molecule has 2 fully saturated rings. The van der Waals surface area contributed by atoms with Crippen LogP contribution in [0.5, 0.6) is 11.5 Å². The minimum absolute atomic E-state index is 0.00647. The van der Waals surface area contributed by atoms with Gasteiger partial charge < -0.3 is 19.5 Å². The van der Waals surface area contributed by atoms with E-state index in [9.17, 15) is 4.79 Å². The van der Waals surface area contributed by atoms with E-state index in [-0.39, 0.29) is 29.6 Å². The van der Waals surface area contributed by atoms with Gasteiger partial charge >= 0.3 is 0 Å². The lowest BCUT2D eigenvalue weighted by atomic mass is 9.87. The fourth-order valence-electron chi connectivity index (χ4n) is 6.34. The Morgan fingerprint density at radius 3 is 2.69 bits per heavy atom. The lowest BCUT2D eigenvalue weighted by Gasteiger charge is -2.38. The number of benzene rings is 1. The van der Waals surface area contributed by atoms with Gasteiger partial charge in [0.1, 0.15) is 28.9 Å². The van der Waals surface area contributed by atoms with Gasteiger partial charge in [0.15, 0.2) is 17.3 Å². The molecule has 10 nitrogen and oxygen atoms in total. The van der Waals surface area contributed by atoms with Crippen molar-refractivity contribution in [1.29, 1.82) is 0 Å². The van der Waals surface area contributed by atoms with Crippen LogP contribution in [0.1, 0.15) is 42.9 Å². The fourth-order valence-corrected chi connectivity index (χ4v) is 6.34. The van der Waals surface area contributed by atoms with Crippen LogP contribution >= 0.6 is 0 Å². The smallest absolute Gasteiger partial charge is 0.246 e. The molecule has 2 unspecified atom stereocenters. The quantitative estimate of drug-likeness (QED) is 0.261. The normalized spacial score (nSPS) is 19.8. The minimum atomic E-state index is -0.460. The number of rotatable bonds is 6. The first-order valence-corrected chi connectivity index (χ1v) is 14.0. The summed E-state index contributed by atoms with van der Waals surface area (Å²) in [6, 6.07) is 9.42. The molecular formula is C31H29FN8O2. The largest absolute Gasteiger partial charge is 0.455 e. The topological polar surface area (TPSA) is 111 Å². The third-order valence-electron chi connectivity index (χ3n) is 8.43. The highest BCUT2D eigenvalue weighted by molar-refractivity contribution is 5.88. The monoisotopic (exact) mass is 564 g/mol. The summed E-state index contributed by atoms with van der Waals surface area (Å²) in [5.41, 5.74) is 4.18. The first-order chi connectivity index (χ1) is 20.4. The number of carbonyl (C=O) groups excluding carboxylic acids is 1. The van der Waals surface area contributed by atoms with Crippen LogP contribution in [0.25, 0.3) is 22.2 Å². The number of fused-ring (bicyclic) bond motifs is 4. The summed E-state index contributed by atoms with van der Waals surface area (Å²) < 4.78 is 23.4. The van der Waals surface area contributed by atoms with Gasteiger partial charge in [-0.2, -0.15) is 0 Å². The van der Waals surface area contributed by atoms with Gasteiger partial charge in [-0.3, -0.25) is 4.79 Å². The van der Waals surface area contributed by atoms with E-state index in [0.29, 0.717) is 39.4 Å². The first-order valence-electron chi connectivity index (χ1n) is 14.0. The SMILES string of the molecule is C=CC(=O)N1C2CCC1CC(c1ccc3ncnc(Nc4ccc(Oc5cnc6c(c5)ncn6C)c(C)c4F)c3n1)C2. The molecule has 0 aliphatic carbocycles. The second kappa shape index (κ2) is 10.2. The maximum atomic E-state index is 15.6. The average Bonchev–Trinajstić information content (AvgIpc) is 3.51. The Labute approximate surface area is 241 Å². The summed E-state index contributed by atoms with van der Waals surface area (Å²) in [5.74, 6) is 1.02. The molecule has 2 aliphatic heterocycles. The Morgan fingerprint density at radius 1 is 1.10 bits per heavy atom. The molecule has 0 radical (unpaired) electrons. The van der Waals surface area contributed by atoms with Gasteiger partial charge in [0.25, 0.3) is 0 Å². The molecule has 1 N–H and O–H groups in total. The average molecular weight is 565 g/mol. The van der Waals surface area contributed by atoms with Crippen LogP contribution in [-0.2, 0) is 11.8 Å². The molecule has 2 bridgehead atoms. The fraction of sp³-hybridized carbons (Fsp3) is 0.290. The molecule has 11 heteroatoms. The molecule has 212 valence electrons. The van der Waals surface area contributed by atoms with E-state index in [1.54, 1.807) is 37.6 Å². The molecule has 1 amide bonds. The summed E-state index contributed by atoms with van der Waals surface area (Å²) in [7, 11) is 1.87. The number of aryl methyl sites for hydroxylation is 1. The van der Waals surface area contributed by atoms with Crippen molar-refractivity contribution in [3.05, 3.63) is 78.9 Å². The number of carbonyl (C=O) groups is 1. The first kappa shape index (κ1) is 26.0. The molecule has 1 aromatic carbocycles. The van der Waals surface area contributed by atoms with Crippen LogP contribution in [0.4, 0.5) is 15.9 Å². The standard InChI is InChI=1S/C31H29FN8O2/c1-4-27(41)40-19-5-6-20(40)12-18(11-19)22-7-8-24-29(37-22)30(35-15-34-24)38-23-9-10-26(17(2)28(23)32)42-21-13-25-31(33-14-21)39(3)16-36-25/h4,7-10,13-16,18-20H,1,5-6,11-12H2,2-3H3,(H,34,35,38). The summed E-state index contributed by atoms with van der Waals surface area (Å²) in [6.07, 6.45) is 9.82. The zero-order valence-electron chi connectivity index (χ0n) is 23.3. The molecule has 6 heterocycles. The Hall–Kier alpha value is -4.93. The van der Waals surface area contributed by atoms with Crippen LogP contribution < -0.4 is 10.1 Å². The van der Waals surface area contributed by atoms with Crippen molar-refractivity contribution in [3.63, 3.8) is 0 Å². The molecule has 2 aliphatic rings. The van der Waals surface area contributed by atoms with E-state index >= 15 is 4.39 Å². The number of aromatic nitrogens is 6. The number of nitrogens with one attached hydrogen (secondary N) is 1. The van der Waals surface area contributed by atoms with E-state index in [2.05, 4.69) is 31.8 Å². The Bertz CT molecular complexity index is 1860. The van der Waals surface area contributed by atoms with Gasteiger partial charge in [-0.05, 0) is 62.9 Å². The highest BCUT2D eigenvalue weighted by atomic mass is 19.1. The van der Waals surface area contributed by atoms with Crippen LogP contribution in [0.2, 0.25) is 0 Å². The third kappa shape index (κ3) is 4.41. The molecule has 2 saturated heterocycles. The number of amides is 1. The highest BCUT2D eigenvalue weighted by Crippen LogP contribution is 2.43. The second-order valence-corrected chi connectivity index (χ2v) is 11.0. The van der Waals surface area contributed by atoms with Gasteiger partial charge in [0.2, 0.25) is 5.91 Å². The molecule has 42 heavy (non-hydrogen) atoms. The number of hydrogen-bond acceptors (Lipinski definition) is 8. The zero-order valence-corrected chi connectivity index (χ0v) is 23.3. The lowest BCUT2D eigenvalue weighted by Crippen LogP contribution is -2.45. The van der Waals surface area contributed by atoms with Crippen LogP contribution in [0.3, 0.4) is 0 Å². The van der Waals surface area contributed by atoms with Gasteiger partial charge in [-0.25, -0.2) is 29.3 Å². The highest BCUT2D eigenvalue weighted by Gasteiger charge is 2.43. The van der Waals surface area contributed by atoms with E-state index in [0.717, 1.165) is 37.0 Å². The zero-order chi connectivity index (χ0) is 29.0. The molecule has 0 saturated carbocycles. The number of piperidine rings is 1. The maximum absolute atomic E-state index is 15.6. The van der Waals surface area contributed by atoms with Crippen molar-refractivity contribution < 1.29 is 13.9 Å². The molecule has 0 spiro atoms. The predicted molar refractivity (Wildman–Crippen MR) is 156 cm³/mol. The number of hydrogen-bond donors (Lipinski definition) is 1. The molecule has 7 rings (SSSR count). The van der Waals surface area contributed by atoms with Crippen LogP contribution in [-0.4, -0.2) is 52.4 Å². The van der Waals surface area contributed by atoms with Crippen LogP contribution in [0, 0.1) is 12.7 Å². The van der Waals surface area contributed by atoms with E-state index in [4.69, 9.17) is 9.72 Å². The Balaban J connectivity index is 1.14. The number of ether oxygens (including phenoxy) is 1. The Morgan fingerprint density at radius 2 is 1.90 bits per heavy atom. The third-order valence-corrected chi connectivity index (χ3v) is 8.43. The minimum Gasteiger partial charge on any atom is -0.455 e. The van der Waals surface area contributed by atoms with E-state index in [1.807, 2.05) is 28.6 Å². The molecular weight excluding hydrogens is 535 g/mol. The summed E-state index contributed by atoms with van der Waals surface area (Å²) in [5, 5.41) is 3.13. The van der Waals surface area contributed by atoms with Crippen molar-refractivity contribution >= 4 is 39.6 Å². The number of halogens is 1. The Kier molecular flexibility index (Phi) is 6.29. The van der Waals surface area contributed by atoms with Crippen molar-refractivity contribution in [1.82, 2.24) is 34.4 Å². The number of imidazole rings is 1. The van der Waals surface area contributed by atoms with Crippen molar-refractivity contribution in [2.75, 3.05) is 5.32 Å². The van der Waals surface area contributed by atoms with Crippen LogP contribution in [0.15, 0.2) is 61.8 Å². The lowest BCUT2D eigenvalue weighted by molar-refractivity contribution is -0.130. The van der Waals surface area contributed by atoms with Gasteiger partial charge in [-0.1, -0.05) is 6.58 Å². The maximum Gasteiger partial charge on any atom is 0.246 e. The summed E-state index contributed by atoms with van der Waals surface area (Å²) in [6.45, 7) is 5.33. The summed E-state index contributed by atoms with van der Waals surface area (Å²) >= 11 is 0. The van der Waals surface area contributed by atoms with Gasteiger partial charge in [0, 0.05) is 42.4 Å². The van der Waals surface area contributed by atoms with E-state index < -0.39 is 5.82 Å². The number of nitrogens with zero attached hydrogens (tertiary/aromatic N) is 7. The van der Waals surface area contributed by atoms with Gasteiger partial charge in [-0.15, -0.1) is 0 Å². The number of anilines is 2. The van der Waals surface area contributed by atoms with E-state index in [1.165, 1.54) is 12.4 Å². The summed E-state index contributed by atoms with van der Waals surface area (Å²) in [4.78, 5) is 36.8. The van der Waals surface area contributed by atoms with Crippen molar-refractivity contribution in [3.8, 4) is 11.5 Å². The predicted octanol–water partition coefficient (Wildman–Crippen LogP) is 5.71. The number of pyridine rings is 2. The molecule has 2 atom stereocenters. The van der Waals surface area contributed by atoms with Crippen molar-refractivity contribution in [2.45, 2.75) is 50.6 Å².